The number of phenols is 1. The molecule has 4 amide bonds. The summed E-state index contributed by atoms with van der Waals surface area (Å²) in [4.78, 5) is 60.4. The SMILES string of the molecule is CCCN1C(=O)[C@H]2[C@H](CC=C3[C@H]2C[C@H]2C(=O)N(c4cccc(Cl)c4)C(=O)[C@@]2(c2ccccc2)[C@H]3c2cc(OC)c(O)c(Br)c2Br)C1=O. The average molecular weight is 783 g/mol. The van der Waals surface area contributed by atoms with Gasteiger partial charge in [0, 0.05) is 22.0 Å². The van der Waals surface area contributed by atoms with Gasteiger partial charge in [0.2, 0.25) is 23.6 Å². The molecule has 3 aromatic carbocycles. The molecule has 0 aromatic heterocycles. The molecule has 3 aromatic rings. The smallest absolute Gasteiger partial charge is 0.246 e. The molecule has 0 radical (unpaired) electrons. The van der Waals surface area contributed by atoms with Gasteiger partial charge < -0.3 is 9.84 Å². The number of phenolic OH excluding ortho intramolecular Hbond substituents is 1. The zero-order valence-electron chi connectivity index (χ0n) is 25.6. The highest BCUT2D eigenvalue weighted by Gasteiger charge is 2.70. The van der Waals surface area contributed by atoms with Crippen molar-refractivity contribution in [1.82, 2.24) is 4.90 Å². The number of carbonyl (C=O) groups excluding carboxylic acids is 4. The predicted octanol–water partition coefficient (Wildman–Crippen LogP) is 7.15. The normalized spacial score (nSPS) is 28.3. The van der Waals surface area contributed by atoms with E-state index < -0.39 is 46.8 Å². The van der Waals surface area contributed by atoms with Gasteiger partial charge in [0.25, 0.3) is 0 Å². The van der Waals surface area contributed by atoms with Crippen molar-refractivity contribution in [3.05, 3.63) is 97.4 Å². The number of hydrogen-bond donors (Lipinski definition) is 1. The Balaban J connectivity index is 1.54. The molecule has 2 aliphatic heterocycles. The van der Waals surface area contributed by atoms with Crippen molar-refractivity contribution in [3.63, 3.8) is 0 Å². The molecule has 8 nitrogen and oxygen atoms in total. The lowest BCUT2D eigenvalue weighted by atomic mass is 9.49. The summed E-state index contributed by atoms with van der Waals surface area (Å²) in [5.41, 5.74) is 0.979. The zero-order valence-corrected chi connectivity index (χ0v) is 29.5. The van der Waals surface area contributed by atoms with E-state index in [0.717, 1.165) is 5.57 Å². The van der Waals surface area contributed by atoms with E-state index in [0.29, 0.717) is 50.2 Å². The van der Waals surface area contributed by atoms with Crippen molar-refractivity contribution in [2.45, 2.75) is 37.5 Å². The molecule has 47 heavy (non-hydrogen) atoms. The number of fused-ring (bicyclic) bond motifs is 4. The van der Waals surface area contributed by atoms with E-state index in [9.17, 15) is 19.5 Å². The van der Waals surface area contributed by atoms with Crippen LogP contribution in [0.1, 0.15) is 43.2 Å². The highest BCUT2D eigenvalue weighted by Crippen LogP contribution is 2.66. The van der Waals surface area contributed by atoms with Gasteiger partial charge in [-0.25, -0.2) is 4.90 Å². The molecule has 2 saturated heterocycles. The number of imide groups is 2. The highest BCUT2D eigenvalue weighted by atomic mass is 79.9. The first-order valence-corrected chi connectivity index (χ1v) is 17.5. The number of anilines is 1. The maximum atomic E-state index is 15.3. The van der Waals surface area contributed by atoms with Crippen LogP contribution in [0.25, 0.3) is 0 Å². The van der Waals surface area contributed by atoms with E-state index in [1.165, 1.54) is 16.9 Å². The second kappa shape index (κ2) is 11.9. The molecule has 0 unspecified atom stereocenters. The molecule has 11 heteroatoms. The van der Waals surface area contributed by atoms with Crippen LogP contribution in [0.2, 0.25) is 5.02 Å². The van der Waals surface area contributed by atoms with Crippen LogP contribution in [0.3, 0.4) is 0 Å². The molecule has 3 fully saturated rings. The van der Waals surface area contributed by atoms with Crippen molar-refractivity contribution in [1.29, 1.82) is 0 Å². The molecular weight excluding hydrogens is 752 g/mol. The number of benzene rings is 3. The number of hydrogen-bond acceptors (Lipinski definition) is 6. The minimum Gasteiger partial charge on any atom is -0.503 e. The van der Waals surface area contributed by atoms with E-state index in [1.807, 2.05) is 43.3 Å². The Morgan fingerprint density at radius 3 is 2.38 bits per heavy atom. The quantitative estimate of drug-likeness (QED) is 0.211. The lowest BCUT2D eigenvalue weighted by Gasteiger charge is -2.51. The lowest BCUT2D eigenvalue weighted by molar-refractivity contribution is -0.140. The summed E-state index contributed by atoms with van der Waals surface area (Å²) in [6.07, 6.45) is 3.19. The number of rotatable bonds is 6. The molecule has 1 N–H and O–H groups in total. The third kappa shape index (κ3) is 4.51. The molecule has 6 atom stereocenters. The van der Waals surface area contributed by atoms with Crippen molar-refractivity contribution in [3.8, 4) is 11.5 Å². The fourth-order valence-corrected chi connectivity index (χ4v) is 9.71. The number of amides is 4. The first-order valence-electron chi connectivity index (χ1n) is 15.6. The van der Waals surface area contributed by atoms with Crippen molar-refractivity contribution >= 4 is 72.8 Å². The number of ether oxygens (including phenoxy) is 1. The molecule has 242 valence electrons. The van der Waals surface area contributed by atoms with E-state index in [-0.39, 0.29) is 29.7 Å². The van der Waals surface area contributed by atoms with Gasteiger partial charge in [-0.3, -0.25) is 24.1 Å². The number of methoxy groups -OCH3 is 1. The Bertz CT molecular complexity index is 1880. The summed E-state index contributed by atoms with van der Waals surface area (Å²) in [5, 5.41) is 11.3. The maximum Gasteiger partial charge on any atom is 0.246 e. The molecule has 2 aliphatic carbocycles. The van der Waals surface area contributed by atoms with Crippen LogP contribution in [0.15, 0.2) is 81.3 Å². The van der Waals surface area contributed by atoms with Crippen LogP contribution < -0.4 is 9.64 Å². The van der Waals surface area contributed by atoms with Gasteiger partial charge in [-0.15, -0.1) is 0 Å². The summed E-state index contributed by atoms with van der Waals surface area (Å²) >= 11 is 13.6. The summed E-state index contributed by atoms with van der Waals surface area (Å²) in [6.45, 7) is 2.26. The molecule has 0 spiro atoms. The summed E-state index contributed by atoms with van der Waals surface area (Å²) in [6, 6.07) is 17.6. The number of likely N-dealkylation sites (tertiary alicyclic amines) is 1. The lowest BCUT2D eigenvalue weighted by Crippen LogP contribution is -2.53. The summed E-state index contributed by atoms with van der Waals surface area (Å²) in [5.74, 6) is -4.51. The largest absolute Gasteiger partial charge is 0.503 e. The van der Waals surface area contributed by atoms with Crippen LogP contribution in [0.4, 0.5) is 5.69 Å². The number of nitrogens with zero attached hydrogens (tertiary/aromatic N) is 2. The number of halogens is 3. The Kier molecular flexibility index (Phi) is 8.12. The van der Waals surface area contributed by atoms with E-state index in [2.05, 4.69) is 31.9 Å². The number of allylic oxidation sites excluding steroid dienone is 2. The van der Waals surface area contributed by atoms with Crippen LogP contribution in [-0.4, -0.2) is 47.3 Å². The fraction of sp³-hybridized carbons (Fsp3) is 0.333. The fourth-order valence-electron chi connectivity index (χ4n) is 8.57. The first kappa shape index (κ1) is 32.1. The molecule has 0 bridgehead atoms. The second-order valence-corrected chi connectivity index (χ2v) is 14.6. The first-order chi connectivity index (χ1) is 22.6. The number of aromatic hydroxyl groups is 1. The van der Waals surface area contributed by atoms with Crippen LogP contribution in [0, 0.1) is 23.7 Å². The summed E-state index contributed by atoms with van der Waals surface area (Å²) < 4.78 is 6.40. The van der Waals surface area contributed by atoms with E-state index in [1.54, 1.807) is 30.3 Å². The average Bonchev–Trinajstić information content (AvgIpc) is 3.45. The molecule has 2 heterocycles. The molecular formula is C36H31Br2ClN2O6. The third-order valence-corrected chi connectivity index (χ3v) is 12.8. The number of carbonyl (C=O) groups is 4. The predicted molar refractivity (Wildman–Crippen MR) is 183 cm³/mol. The zero-order chi connectivity index (χ0) is 33.4. The van der Waals surface area contributed by atoms with Crippen molar-refractivity contribution in [2.24, 2.45) is 23.7 Å². The van der Waals surface area contributed by atoms with Crippen LogP contribution >= 0.6 is 43.5 Å². The molecule has 4 aliphatic rings. The third-order valence-electron chi connectivity index (χ3n) is 10.4. The van der Waals surface area contributed by atoms with Gasteiger partial charge in [0.15, 0.2) is 11.5 Å². The van der Waals surface area contributed by atoms with Gasteiger partial charge in [0.1, 0.15) is 0 Å². The Hall–Kier alpha value is -3.47. The maximum absolute atomic E-state index is 15.3. The van der Waals surface area contributed by atoms with Gasteiger partial charge in [-0.1, -0.05) is 66.6 Å². The Morgan fingerprint density at radius 1 is 0.957 bits per heavy atom. The van der Waals surface area contributed by atoms with Gasteiger partial charge in [-0.2, -0.15) is 0 Å². The van der Waals surface area contributed by atoms with E-state index >= 15 is 4.79 Å². The monoisotopic (exact) mass is 780 g/mol. The van der Waals surface area contributed by atoms with Gasteiger partial charge in [-0.05, 0) is 92.4 Å². The molecule has 1 saturated carbocycles. The standard InChI is InChI=1S/C36H31Br2ClN2O6/c1-3-14-40-32(43)22-13-12-21-23(27(22)34(40)45)16-25-33(44)41(20-11-7-10-19(39)15-20)35(46)36(25,18-8-5-4-6-9-18)28(21)24-17-26(47-2)31(42)30(38)29(24)37/h4-12,15,17,22-23,25,27-28,42H,3,13-14,16H2,1-2H3/t22-,23+,25-,27-,28+,36+/m0/s1. The Labute approximate surface area is 294 Å². The summed E-state index contributed by atoms with van der Waals surface area (Å²) in [7, 11) is 1.44. The Morgan fingerprint density at radius 2 is 1.70 bits per heavy atom. The topological polar surface area (TPSA) is 104 Å². The van der Waals surface area contributed by atoms with E-state index in [4.69, 9.17) is 16.3 Å². The van der Waals surface area contributed by atoms with Crippen LogP contribution in [0.5, 0.6) is 11.5 Å². The van der Waals surface area contributed by atoms with Crippen LogP contribution in [-0.2, 0) is 24.6 Å². The molecule has 7 rings (SSSR count). The minimum absolute atomic E-state index is 0.125. The van der Waals surface area contributed by atoms with Gasteiger partial charge >= 0.3 is 0 Å². The van der Waals surface area contributed by atoms with Gasteiger partial charge in [0.05, 0.1) is 40.4 Å². The van der Waals surface area contributed by atoms with Crippen molar-refractivity contribution < 1.29 is 29.0 Å². The second-order valence-electron chi connectivity index (χ2n) is 12.6. The highest BCUT2D eigenvalue weighted by molar-refractivity contribution is 9.13. The van der Waals surface area contributed by atoms with Crippen molar-refractivity contribution in [2.75, 3.05) is 18.6 Å². The minimum atomic E-state index is -1.45.